The number of benzene rings is 2. The number of hydrogen-bond acceptors (Lipinski definition) is 6. The Morgan fingerprint density at radius 1 is 1.08 bits per heavy atom. The molecule has 2 aromatic carbocycles. The molecule has 3 aromatic rings. The van der Waals surface area contributed by atoms with Crippen molar-refractivity contribution in [3.63, 3.8) is 0 Å². The predicted octanol–water partition coefficient (Wildman–Crippen LogP) is 4.08. The molecule has 132 valence electrons. The summed E-state index contributed by atoms with van der Waals surface area (Å²) in [5, 5.41) is 14.1. The third-order valence-electron chi connectivity index (χ3n) is 3.60. The summed E-state index contributed by atoms with van der Waals surface area (Å²) in [5.41, 5.74) is 5.31. The molecule has 2 N–H and O–H groups in total. The Bertz CT molecular complexity index is 865. The fourth-order valence-corrected chi connectivity index (χ4v) is 2.27. The SMILES string of the molecule is CCCOc1ccc(/C=N/Nc2ncc(-c3ccccc3)cn2)c(O)c1. The van der Waals surface area contributed by atoms with Gasteiger partial charge >= 0.3 is 0 Å². The summed E-state index contributed by atoms with van der Waals surface area (Å²) in [6, 6.07) is 15.0. The molecule has 0 aliphatic carbocycles. The molecule has 0 radical (unpaired) electrons. The lowest BCUT2D eigenvalue weighted by atomic mass is 10.1. The fourth-order valence-electron chi connectivity index (χ4n) is 2.27. The second-order valence-electron chi connectivity index (χ2n) is 5.60. The van der Waals surface area contributed by atoms with E-state index in [0.717, 1.165) is 17.5 Å². The summed E-state index contributed by atoms with van der Waals surface area (Å²) in [7, 11) is 0. The number of nitrogens with one attached hydrogen (secondary N) is 1. The lowest BCUT2D eigenvalue weighted by Gasteiger charge is -2.06. The minimum Gasteiger partial charge on any atom is -0.507 e. The number of hydrogen-bond donors (Lipinski definition) is 2. The van der Waals surface area contributed by atoms with Crippen molar-refractivity contribution in [2.45, 2.75) is 13.3 Å². The van der Waals surface area contributed by atoms with E-state index in [9.17, 15) is 5.11 Å². The van der Waals surface area contributed by atoms with Gasteiger partial charge in [-0.05, 0) is 24.1 Å². The van der Waals surface area contributed by atoms with Crippen LogP contribution in [0, 0.1) is 0 Å². The molecule has 1 heterocycles. The molecule has 0 bridgehead atoms. The van der Waals surface area contributed by atoms with E-state index < -0.39 is 0 Å². The Kier molecular flexibility index (Phi) is 5.77. The topological polar surface area (TPSA) is 79.6 Å². The molecular formula is C20H20N4O2. The zero-order chi connectivity index (χ0) is 18.2. The lowest BCUT2D eigenvalue weighted by Crippen LogP contribution is -1.97. The van der Waals surface area contributed by atoms with Crippen LogP contribution in [0.1, 0.15) is 18.9 Å². The average molecular weight is 348 g/mol. The highest BCUT2D eigenvalue weighted by Gasteiger charge is 2.02. The van der Waals surface area contributed by atoms with Crippen LogP contribution in [0.15, 0.2) is 66.0 Å². The molecule has 0 unspecified atom stereocenters. The maximum absolute atomic E-state index is 10.0. The largest absolute Gasteiger partial charge is 0.507 e. The minimum atomic E-state index is 0.101. The first-order valence-electron chi connectivity index (χ1n) is 8.38. The average Bonchev–Trinajstić information content (AvgIpc) is 2.69. The Balaban J connectivity index is 1.62. The van der Waals surface area contributed by atoms with E-state index in [0.29, 0.717) is 23.9 Å². The summed E-state index contributed by atoms with van der Waals surface area (Å²) in [5.74, 6) is 1.11. The van der Waals surface area contributed by atoms with Gasteiger partial charge in [0.1, 0.15) is 11.5 Å². The first-order valence-corrected chi connectivity index (χ1v) is 8.38. The number of phenolic OH excluding ortho intramolecular Hbond substituents is 1. The highest BCUT2D eigenvalue weighted by atomic mass is 16.5. The predicted molar refractivity (Wildman–Crippen MR) is 103 cm³/mol. The van der Waals surface area contributed by atoms with Crippen LogP contribution in [-0.2, 0) is 0 Å². The molecule has 0 aliphatic heterocycles. The molecule has 0 saturated carbocycles. The van der Waals surface area contributed by atoms with E-state index in [-0.39, 0.29) is 5.75 Å². The smallest absolute Gasteiger partial charge is 0.243 e. The van der Waals surface area contributed by atoms with E-state index in [1.807, 2.05) is 37.3 Å². The van der Waals surface area contributed by atoms with Crippen molar-refractivity contribution in [2.75, 3.05) is 12.0 Å². The van der Waals surface area contributed by atoms with Gasteiger partial charge in [0, 0.05) is 29.6 Å². The van der Waals surface area contributed by atoms with Crippen LogP contribution in [0.2, 0.25) is 0 Å². The first kappa shape index (κ1) is 17.4. The Hall–Kier alpha value is -3.41. The van der Waals surface area contributed by atoms with Crippen molar-refractivity contribution in [3.8, 4) is 22.6 Å². The van der Waals surface area contributed by atoms with Gasteiger partial charge in [-0.3, -0.25) is 0 Å². The van der Waals surface area contributed by atoms with Gasteiger partial charge in [-0.15, -0.1) is 0 Å². The van der Waals surface area contributed by atoms with Crippen LogP contribution in [-0.4, -0.2) is 27.9 Å². The molecule has 0 atom stereocenters. The third-order valence-corrected chi connectivity index (χ3v) is 3.60. The Morgan fingerprint density at radius 2 is 1.85 bits per heavy atom. The summed E-state index contributed by atoms with van der Waals surface area (Å²) in [4.78, 5) is 8.48. The number of phenols is 1. The van der Waals surface area contributed by atoms with Crippen LogP contribution >= 0.6 is 0 Å². The Labute approximate surface area is 152 Å². The third kappa shape index (κ3) is 4.57. The van der Waals surface area contributed by atoms with Crippen molar-refractivity contribution in [2.24, 2.45) is 5.10 Å². The highest BCUT2D eigenvalue weighted by molar-refractivity contribution is 5.84. The van der Waals surface area contributed by atoms with Crippen LogP contribution in [0.25, 0.3) is 11.1 Å². The monoisotopic (exact) mass is 348 g/mol. The number of hydrazone groups is 1. The molecule has 0 saturated heterocycles. The maximum atomic E-state index is 10.0. The molecule has 3 rings (SSSR count). The van der Waals surface area contributed by atoms with E-state index in [2.05, 4.69) is 20.5 Å². The second-order valence-corrected chi connectivity index (χ2v) is 5.60. The highest BCUT2D eigenvalue weighted by Crippen LogP contribution is 2.22. The molecule has 6 nitrogen and oxygen atoms in total. The summed E-state index contributed by atoms with van der Waals surface area (Å²) in [6.45, 7) is 2.64. The quantitative estimate of drug-likeness (QED) is 0.497. The van der Waals surface area contributed by atoms with Crippen molar-refractivity contribution < 1.29 is 9.84 Å². The van der Waals surface area contributed by atoms with Crippen LogP contribution in [0.4, 0.5) is 5.95 Å². The standard InChI is InChI=1S/C20H20N4O2/c1-2-10-26-18-9-8-16(19(25)11-18)14-23-24-20-21-12-17(13-22-20)15-6-4-3-5-7-15/h3-9,11-14,25H,2,10H2,1H3,(H,21,22,24)/b23-14+. The number of anilines is 1. The second kappa shape index (κ2) is 8.62. The summed E-state index contributed by atoms with van der Waals surface area (Å²) in [6.07, 6.45) is 5.89. The number of rotatable bonds is 7. The molecule has 6 heteroatoms. The molecule has 0 amide bonds. The molecular weight excluding hydrogens is 328 g/mol. The van der Waals surface area contributed by atoms with Crippen LogP contribution in [0.5, 0.6) is 11.5 Å². The Morgan fingerprint density at radius 3 is 2.54 bits per heavy atom. The molecule has 0 fully saturated rings. The van der Waals surface area contributed by atoms with Gasteiger partial charge in [0.2, 0.25) is 5.95 Å². The van der Waals surface area contributed by atoms with Gasteiger partial charge in [-0.25, -0.2) is 15.4 Å². The summed E-state index contributed by atoms with van der Waals surface area (Å²) < 4.78 is 5.47. The number of aromatic hydroxyl groups is 1. The van der Waals surface area contributed by atoms with Gasteiger partial charge in [-0.2, -0.15) is 5.10 Å². The van der Waals surface area contributed by atoms with E-state index in [1.165, 1.54) is 6.21 Å². The van der Waals surface area contributed by atoms with E-state index >= 15 is 0 Å². The van der Waals surface area contributed by atoms with Gasteiger partial charge in [0.15, 0.2) is 0 Å². The normalized spacial score (nSPS) is 10.8. The van der Waals surface area contributed by atoms with Crippen molar-refractivity contribution in [1.82, 2.24) is 9.97 Å². The maximum Gasteiger partial charge on any atom is 0.243 e. The van der Waals surface area contributed by atoms with Gasteiger partial charge in [-0.1, -0.05) is 37.3 Å². The minimum absolute atomic E-state index is 0.101. The molecule has 0 aliphatic rings. The zero-order valence-corrected chi connectivity index (χ0v) is 14.5. The first-order chi connectivity index (χ1) is 12.8. The van der Waals surface area contributed by atoms with Gasteiger partial charge < -0.3 is 9.84 Å². The lowest BCUT2D eigenvalue weighted by molar-refractivity contribution is 0.315. The van der Waals surface area contributed by atoms with Crippen molar-refractivity contribution >= 4 is 12.2 Å². The number of ether oxygens (including phenoxy) is 1. The molecule has 0 spiro atoms. The number of aromatic nitrogens is 2. The fraction of sp³-hybridized carbons (Fsp3) is 0.150. The molecule has 26 heavy (non-hydrogen) atoms. The van der Waals surface area contributed by atoms with E-state index in [4.69, 9.17) is 4.74 Å². The molecule has 1 aromatic heterocycles. The van der Waals surface area contributed by atoms with Crippen molar-refractivity contribution in [3.05, 3.63) is 66.5 Å². The van der Waals surface area contributed by atoms with Gasteiger partial charge in [0.05, 0.1) is 12.8 Å². The van der Waals surface area contributed by atoms with Crippen LogP contribution < -0.4 is 10.2 Å². The van der Waals surface area contributed by atoms with Gasteiger partial charge in [0.25, 0.3) is 0 Å². The van der Waals surface area contributed by atoms with Crippen LogP contribution in [0.3, 0.4) is 0 Å². The van der Waals surface area contributed by atoms with E-state index in [1.54, 1.807) is 30.6 Å². The summed E-state index contributed by atoms with van der Waals surface area (Å²) >= 11 is 0. The zero-order valence-electron chi connectivity index (χ0n) is 14.5. The number of nitrogens with zero attached hydrogens (tertiary/aromatic N) is 3. The van der Waals surface area contributed by atoms with Crippen molar-refractivity contribution in [1.29, 1.82) is 0 Å².